The van der Waals surface area contributed by atoms with E-state index in [1.54, 1.807) is 18.3 Å². The highest BCUT2D eigenvalue weighted by Crippen LogP contribution is 2.44. The average molecular weight is 400 g/mol. The third-order valence-corrected chi connectivity index (χ3v) is 5.80. The standard InChI is InChI=1S/C21H19ClFN3O2/c1-11-9-26-12(7-24-11)10-28-19-8-25-17-6-13(15(22)5-14(17)21(19)26)20-16(23)3-2-4-18(20)27/h2-6,8,11-12,24,27H,7,9-10H2,1H3/t11-,12-/m1/s1. The van der Waals surface area contributed by atoms with Crippen LogP contribution in [-0.4, -0.2) is 41.9 Å². The van der Waals surface area contributed by atoms with Gasteiger partial charge in [0.2, 0.25) is 0 Å². The maximum atomic E-state index is 14.4. The number of phenols is 1. The molecular formula is C21H19ClFN3O2. The predicted octanol–water partition coefficient (Wildman–Crippen LogP) is 3.96. The summed E-state index contributed by atoms with van der Waals surface area (Å²) in [7, 11) is 0. The van der Waals surface area contributed by atoms with Gasteiger partial charge < -0.3 is 20.1 Å². The molecule has 2 aromatic carbocycles. The summed E-state index contributed by atoms with van der Waals surface area (Å²) >= 11 is 6.55. The third kappa shape index (κ3) is 2.67. The molecule has 7 heteroatoms. The largest absolute Gasteiger partial charge is 0.507 e. The van der Waals surface area contributed by atoms with Gasteiger partial charge in [-0.25, -0.2) is 4.39 Å². The number of hydrogen-bond acceptors (Lipinski definition) is 5. The van der Waals surface area contributed by atoms with E-state index in [9.17, 15) is 9.50 Å². The molecular weight excluding hydrogens is 381 g/mol. The van der Waals surface area contributed by atoms with Crippen LogP contribution >= 0.6 is 11.6 Å². The first kappa shape index (κ1) is 17.5. The molecule has 0 saturated carbocycles. The number of pyridine rings is 1. The second-order valence-electron chi connectivity index (χ2n) is 7.38. The van der Waals surface area contributed by atoms with Gasteiger partial charge in [0.15, 0.2) is 5.75 Å². The number of piperazine rings is 1. The van der Waals surface area contributed by atoms with E-state index in [0.29, 0.717) is 28.8 Å². The van der Waals surface area contributed by atoms with Crippen molar-refractivity contribution in [3.8, 4) is 22.6 Å². The number of hydrogen-bond donors (Lipinski definition) is 2. The Hall–Kier alpha value is -2.57. The van der Waals surface area contributed by atoms with E-state index in [2.05, 4.69) is 22.1 Å². The summed E-state index contributed by atoms with van der Waals surface area (Å²) in [5.41, 5.74) is 2.15. The lowest BCUT2D eigenvalue weighted by Crippen LogP contribution is -2.59. The molecule has 1 fully saturated rings. The molecule has 0 amide bonds. The molecule has 0 radical (unpaired) electrons. The predicted molar refractivity (Wildman–Crippen MR) is 108 cm³/mol. The fourth-order valence-corrected chi connectivity index (χ4v) is 4.38. The van der Waals surface area contributed by atoms with E-state index in [1.165, 1.54) is 18.2 Å². The van der Waals surface area contributed by atoms with E-state index in [4.69, 9.17) is 16.3 Å². The molecule has 5 rings (SSSR count). The van der Waals surface area contributed by atoms with Gasteiger partial charge in [-0.3, -0.25) is 4.98 Å². The van der Waals surface area contributed by atoms with Gasteiger partial charge in [0.25, 0.3) is 0 Å². The summed E-state index contributed by atoms with van der Waals surface area (Å²) in [6.45, 7) is 4.46. The molecule has 0 bridgehead atoms. The summed E-state index contributed by atoms with van der Waals surface area (Å²) in [5, 5.41) is 14.9. The molecule has 1 aromatic heterocycles. The quantitative estimate of drug-likeness (QED) is 0.648. The van der Waals surface area contributed by atoms with E-state index < -0.39 is 5.82 Å². The lowest BCUT2D eigenvalue weighted by molar-refractivity contribution is 0.236. The van der Waals surface area contributed by atoms with Gasteiger partial charge in [0.1, 0.15) is 18.2 Å². The van der Waals surface area contributed by atoms with Crippen LogP contribution in [0.3, 0.4) is 0 Å². The van der Waals surface area contributed by atoms with Crippen molar-refractivity contribution in [3.05, 3.63) is 47.4 Å². The highest BCUT2D eigenvalue weighted by Gasteiger charge is 2.34. The number of nitrogens with one attached hydrogen (secondary N) is 1. The molecule has 3 heterocycles. The summed E-state index contributed by atoms with van der Waals surface area (Å²) < 4.78 is 20.3. The molecule has 28 heavy (non-hydrogen) atoms. The Morgan fingerprint density at radius 2 is 2.21 bits per heavy atom. The fraction of sp³-hybridized carbons (Fsp3) is 0.286. The Bertz CT molecular complexity index is 1070. The van der Waals surface area contributed by atoms with Crippen LogP contribution in [0.4, 0.5) is 10.1 Å². The molecule has 0 unspecified atom stereocenters. The molecule has 2 atom stereocenters. The van der Waals surface area contributed by atoms with Crippen LogP contribution < -0.4 is 15.0 Å². The van der Waals surface area contributed by atoms with E-state index in [-0.39, 0.29) is 17.4 Å². The molecule has 1 saturated heterocycles. The first-order valence-corrected chi connectivity index (χ1v) is 9.63. The number of anilines is 1. The zero-order valence-electron chi connectivity index (χ0n) is 15.2. The Kier molecular flexibility index (Phi) is 4.07. The van der Waals surface area contributed by atoms with Gasteiger partial charge in [0.05, 0.1) is 29.0 Å². The molecule has 0 aliphatic carbocycles. The maximum absolute atomic E-state index is 14.4. The second-order valence-corrected chi connectivity index (χ2v) is 7.79. The second kappa shape index (κ2) is 6.50. The minimum Gasteiger partial charge on any atom is -0.507 e. The van der Waals surface area contributed by atoms with Crippen molar-refractivity contribution in [1.82, 2.24) is 10.3 Å². The average Bonchev–Trinajstić information content (AvgIpc) is 2.67. The highest BCUT2D eigenvalue weighted by atomic mass is 35.5. The maximum Gasteiger partial charge on any atom is 0.161 e. The van der Waals surface area contributed by atoms with Gasteiger partial charge in [0, 0.05) is 35.1 Å². The molecule has 5 nitrogen and oxygen atoms in total. The zero-order valence-corrected chi connectivity index (χ0v) is 16.0. The van der Waals surface area contributed by atoms with Crippen molar-refractivity contribution in [3.63, 3.8) is 0 Å². The van der Waals surface area contributed by atoms with Crippen molar-refractivity contribution < 1.29 is 14.2 Å². The Labute approximate surface area is 166 Å². The molecule has 144 valence electrons. The number of phenolic OH excluding ortho intramolecular Hbond substituents is 1. The number of aromatic nitrogens is 1. The van der Waals surface area contributed by atoms with Crippen molar-refractivity contribution in [2.45, 2.75) is 19.0 Å². The van der Waals surface area contributed by atoms with Gasteiger partial charge in [-0.05, 0) is 31.2 Å². The van der Waals surface area contributed by atoms with Crippen LogP contribution in [0.5, 0.6) is 11.5 Å². The lowest BCUT2D eigenvalue weighted by atomic mass is 9.99. The zero-order chi connectivity index (χ0) is 19.4. The first-order chi connectivity index (χ1) is 13.5. The van der Waals surface area contributed by atoms with Gasteiger partial charge in [-0.15, -0.1) is 0 Å². The Morgan fingerprint density at radius 3 is 3.04 bits per heavy atom. The number of aromatic hydroxyl groups is 1. The van der Waals surface area contributed by atoms with Crippen molar-refractivity contribution in [2.24, 2.45) is 0 Å². The fourth-order valence-electron chi connectivity index (χ4n) is 4.12. The minimum absolute atomic E-state index is 0.0823. The SMILES string of the molecule is C[C@@H]1CN2c3c(cnc4cc(-c5c(O)cccc5F)c(Cl)cc34)OC[C@H]2CN1. The lowest BCUT2D eigenvalue weighted by Gasteiger charge is -2.44. The van der Waals surface area contributed by atoms with Crippen molar-refractivity contribution in [1.29, 1.82) is 0 Å². The number of ether oxygens (including phenoxy) is 1. The van der Waals surface area contributed by atoms with Crippen LogP contribution in [-0.2, 0) is 0 Å². The number of rotatable bonds is 1. The molecule has 2 aliphatic heterocycles. The minimum atomic E-state index is -0.529. The summed E-state index contributed by atoms with van der Waals surface area (Å²) in [6, 6.07) is 8.32. The summed E-state index contributed by atoms with van der Waals surface area (Å²) in [4.78, 5) is 6.86. The molecule has 0 spiro atoms. The number of halogens is 2. The highest BCUT2D eigenvalue weighted by molar-refractivity contribution is 6.34. The number of fused-ring (bicyclic) bond motifs is 5. The third-order valence-electron chi connectivity index (χ3n) is 5.49. The first-order valence-electron chi connectivity index (χ1n) is 9.26. The molecule has 3 aromatic rings. The summed E-state index contributed by atoms with van der Waals surface area (Å²) in [5.74, 6) is 0.0486. The van der Waals surface area contributed by atoms with E-state index >= 15 is 0 Å². The van der Waals surface area contributed by atoms with E-state index in [0.717, 1.165) is 29.9 Å². The monoisotopic (exact) mass is 399 g/mol. The summed E-state index contributed by atoms with van der Waals surface area (Å²) in [6.07, 6.45) is 1.71. The van der Waals surface area contributed by atoms with Crippen molar-refractivity contribution in [2.75, 3.05) is 24.6 Å². The van der Waals surface area contributed by atoms with Gasteiger partial charge in [-0.2, -0.15) is 0 Å². The molecule has 2 N–H and O–H groups in total. The van der Waals surface area contributed by atoms with Gasteiger partial charge in [-0.1, -0.05) is 17.7 Å². The van der Waals surface area contributed by atoms with E-state index in [1.807, 2.05) is 0 Å². The van der Waals surface area contributed by atoms with Crippen LogP contribution in [0.25, 0.3) is 22.0 Å². The smallest absolute Gasteiger partial charge is 0.161 e. The van der Waals surface area contributed by atoms with Crippen LogP contribution in [0.1, 0.15) is 6.92 Å². The van der Waals surface area contributed by atoms with Crippen molar-refractivity contribution >= 4 is 28.2 Å². The topological polar surface area (TPSA) is 57.6 Å². The molecule has 2 aliphatic rings. The number of nitrogens with zero attached hydrogens (tertiary/aromatic N) is 2. The number of benzene rings is 2. The normalized spacial score (nSPS) is 21.2. The van der Waals surface area contributed by atoms with Gasteiger partial charge >= 0.3 is 0 Å². The Balaban J connectivity index is 1.72. The van der Waals surface area contributed by atoms with Crippen LogP contribution in [0.2, 0.25) is 5.02 Å². The Morgan fingerprint density at radius 1 is 1.36 bits per heavy atom. The van der Waals surface area contributed by atoms with Crippen LogP contribution in [0.15, 0.2) is 36.5 Å². The van der Waals surface area contributed by atoms with Crippen LogP contribution in [0, 0.1) is 5.82 Å².